The standard InChI is InChI=1S/C12H11F2NO5/c1-2-5-19-12(18)15-8-6-7(10(16)17)3-4-9(8)20-11(13)14/h2-4,6,11H,1,5H2,(H,15,18)(H,16,17). The third-order valence-corrected chi connectivity index (χ3v) is 2.01. The molecule has 0 bridgehead atoms. The molecule has 0 atom stereocenters. The number of ether oxygens (including phenoxy) is 2. The summed E-state index contributed by atoms with van der Waals surface area (Å²) >= 11 is 0. The number of carbonyl (C=O) groups excluding carboxylic acids is 1. The Morgan fingerprint density at radius 3 is 2.70 bits per heavy atom. The molecule has 108 valence electrons. The van der Waals surface area contributed by atoms with E-state index >= 15 is 0 Å². The van der Waals surface area contributed by atoms with Crippen molar-refractivity contribution in [1.29, 1.82) is 0 Å². The molecule has 2 N–H and O–H groups in total. The van der Waals surface area contributed by atoms with Crippen molar-refractivity contribution >= 4 is 17.7 Å². The molecule has 0 aliphatic rings. The fraction of sp³-hybridized carbons (Fsp3) is 0.167. The molecule has 6 nitrogen and oxygen atoms in total. The fourth-order valence-corrected chi connectivity index (χ4v) is 1.24. The Bertz CT molecular complexity index is 519. The molecule has 0 aliphatic heterocycles. The van der Waals surface area contributed by atoms with Crippen LogP contribution < -0.4 is 10.1 Å². The molecular formula is C12H11F2NO5. The van der Waals surface area contributed by atoms with Crippen molar-refractivity contribution in [3.8, 4) is 5.75 Å². The summed E-state index contributed by atoms with van der Waals surface area (Å²) in [5, 5.41) is 10.9. The summed E-state index contributed by atoms with van der Waals surface area (Å²) in [6.45, 7) is 0.124. The van der Waals surface area contributed by atoms with Crippen LogP contribution in [0.25, 0.3) is 0 Å². The quantitative estimate of drug-likeness (QED) is 0.786. The maximum atomic E-state index is 12.2. The maximum absolute atomic E-state index is 12.2. The first kappa shape index (κ1) is 15.4. The van der Waals surface area contributed by atoms with Crippen molar-refractivity contribution in [2.75, 3.05) is 11.9 Å². The zero-order chi connectivity index (χ0) is 15.1. The monoisotopic (exact) mass is 287 g/mol. The van der Waals surface area contributed by atoms with Gasteiger partial charge in [0.2, 0.25) is 0 Å². The van der Waals surface area contributed by atoms with E-state index in [0.29, 0.717) is 0 Å². The Hall–Kier alpha value is -2.64. The predicted molar refractivity (Wildman–Crippen MR) is 65.2 cm³/mol. The first-order valence-corrected chi connectivity index (χ1v) is 5.31. The van der Waals surface area contributed by atoms with E-state index in [9.17, 15) is 18.4 Å². The number of benzene rings is 1. The lowest BCUT2D eigenvalue weighted by Gasteiger charge is -2.12. The highest BCUT2D eigenvalue weighted by atomic mass is 19.3. The SMILES string of the molecule is C=CCOC(=O)Nc1cc(C(=O)O)ccc1OC(F)F. The molecule has 0 aromatic heterocycles. The largest absolute Gasteiger partial charge is 0.478 e. The van der Waals surface area contributed by atoms with Crippen LogP contribution in [0.5, 0.6) is 5.75 Å². The number of carboxylic acid groups (broad SMARTS) is 1. The molecule has 0 spiro atoms. The maximum Gasteiger partial charge on any atom is 0.412 e. The van der Waals surface area contributed by atoms with Crippen molar-refractivity contribution in [2.45, 2.75) is 6.61 Å². The molecular weight excluding hydrogens is 276 g/mol. The van der Waals surface area contributed by atoms with Crippen LogP contribution in [0.4, 0.5) is 19.3 Å². The van der Waals surface area contributed by atoms with Crippen LogP contribution in [0.3, 0.4) is 0 Å². The highest BCUT2D eigenvalue weighted by Crippen LogP contribution is 2.27. The topological polar surface area (TPSA) is 84.9 Å². The van der Waals surface area contributed by atoms with E-state index in [4.69, 9.17) is 5.11 Å². The number of hydrogen-bond donors (Lipinski definition) is 2. The summed E-state index contributed by atoms with van der Waals surface area (Å²) in [6.07, 6.45) is 0.357. The molecule has 8 heteroatoms. The third-order valence-electron chi connectivity index (χ3n) is 2.01. The van der Waals surface area contributed by atoms with Gasteiger partial charge in [-0.2, -0.15) is 8.78 Å². The van der Waals surface area contributed by atoms with Crippen LogP contribution in [-0.2, 0) is 4.74 Å². The van der Waals surface area contributed by atoms with E-state index in [1.165, 1.54) is 6.08 Å². The molecule has 0 saturated carbocycles. The Morgan fingerprint density at radius 2 is 2.15 bits per heavy atom. The molecule has 20 heavy (non-hydrogen) atoms. The third kappa shape index (κ3) is 4.56. The van der Waals surface area contributed by atoms with Gasteiger partial charge in [-0.05, 0) is 18.2 Å². The van der Waals surface area contributed by atoms with Gasteiger partial charge >= 0.3 is 18.7 Å². The second kappa shape index (κ2) is 7.07. The van der Waals surface area contributed by atoms with Gasteiger partial charge in [-0.15, -0.1) is 0 Å². The normalized spacial score (nSPS) is 9.95. The minimum Gasteiger partial charge on any atom is -0.478 e. The van der Waals surface area contributed by atoms with Crippen molar-refractivity contribution in [3.05, 3.63) is 36.4 Å². The second-order valence-electron chi connectivity index (χ2n) is 3.41. The summed E-state index contributed by atoms with van der Waals surface area (Å²) < 4.78 is 33.2. The molecule has 0 heterocycles. The molecule has 0 unspecified atom stereocenters. The Morgan fingerprint density at radius 1 is 1.45 bits per heavy atom. The summed E-state index contributed by atoms with van der Waals surface area (Å²) in [4.78, 5) is 22.1. The lowest BCUT2D eigenvalue weighted by molar-refractivity contribution is -0.0493. The Balaban J connectivity index is 2.98. The van der Waals surface area contributed by atoms with Crippen LogP contribution in [-0.4, -0.2) is 30.4 Å². The molecule has 1 rings (SSSR count). The summed E-state index contributed by atoms with van der Waals surface area (Å²) in [5.74, 6) is -1.66. The zero-order valence-corrected chi connectivity index (χ0v) is 10.1. The van der Waals surface area contributed by atoms with Gasteiger partial charge in [0.15, 0.2) is 0 Å². The van der Waals surface area contributed by atoms with Gasteiger partial charge < -0.3 is 14.6 Å². The Kier molecular flexibility index (Phi) is 5.45. The van der Waals surface area contributed by atoms with E-state index in [1.807, 2.05) is 0 Å². The number of hydrogen-bond acceptors (Lipinski definition) is 4. The minimum atomic E-state index is -3.12. The van der Waals surface area contributed by atoms with Gasteiger partial charge in [0, 0.05) is 0 Å². The van der Waals surface area contributed by atoms with E-state index in [-0.39, 0.29) is 23.6 Å². The van der Waals surface area contributed by atoms with Crippen LogP contribution >= 0.6 is 0 Å². The highest BCUT2D eigenvalue weighted by molar-refractivity contribution is 5.93. The first-order valence-electron chi connectivity index (χ1n) is 5.31. The zero-order valence-electron chi connectivity index (χ0n) is 10.1. The van der Waals surface area contributed by atoms with Crippen LogP contribution in [0, 0.1) is 0 Å². The summed E-state index contributed by atoms with van der Waals surface area (Å²) in [6, 6.07) is 3.06. The molecule has 0 aliphatic carbocycles. The van der Waals surface area contributed by atoms with Crippen LogP contribution in [0.15, 0.2) is 30.9 Å². The van der Waals surface area contributed by atoms with Gasteiger partial charge in [-0.25, -0.2) is 9.59 Å². The van der Waals surface area contributed by atoms with E-state index in [0.717, 1.165) is 18.2 Å². The molecule has 1 aromatic carbocycles. The van der Waals surface area contributed by atoms with E-state index in [2.05, 4.69) is 21.4 Å². The van der Waals surface area contributed by atoms with Gasteiger partial charge in [0.05, 0.1) is 11.3 Å². The minimum absolute atomic E-state index is 0.0878. The Labute approximate surface area is 112 Å². The number of aromatic carboxylic acids is 1. The van der Waals surface area contributed by atoms with Gasteiger partial charge in [0.1, 0.15) is 12.4 Å². The van der Waals surface area contributed by atoms with Gasteiger partial charge in [-0.3, -0.25) is 5.32 Å². The number of carbonyl (C=O) groups is 2. The first-order chi connectivity index (χ1) is 9.43. The molecule has 1 aromatic rings. The number of nitrogens with one attached hydrogen (secondary N) is 1. The molecule has 0 radical (unpaired) electrons. The van der Waals surface area contributed by atoms with Crippen molar-refractivity contribution in [2.24, 2.45) is 0 Å². The molecule has 1 amide bonds. The van der Waals surface area contributed by atoms with E-state index < -0.39 is 18.7 Å². The fourth-order valence-electron chi connectivity index (χ4n) is 1.24. The van der Waals surface area contributed by atoms with E-state index in [1.54, 1.807) is 0 Å². The summed E-state index contributed by atoms with van der Waals surface area (Å²) in [7, 11) is 0. The van der Waals surface area contributed by atoms with Crippen molar-refractivity contribution < 1.29 is 33.0 Å². The number of halogens is 2. The molecule has 0 fully saturated rings. The van der Waals surface area contributed by atoms with Gasteiger partial charge in [0.25, 0.3) is 0 Å². The van der Waals surface area contributed by atoms with Crippen LogP contribution in [0.2, 0.25) is 0 Å². The van der Waals surface area contributed by atoms with Crippen molar-refractivity contribution in [3.63, 3.8) is 0 Å². The second-order valence-corrected chi connectivity index (χ2v) is 3.41. The number of alkyl halides is 2. The smallest absolute Gasteiger partial charge is 0.412 e. The number of carboxylic acids is 1. The number of anilines is 1. The molecule has 0 saturated heterocycles. The van der Waals surface area contributed by atoms with Crippen LogP contribution in [0.1, 0.15) is 10.4 Å². The lowest BCUT2D eigenvalue weighted by atomic mass is 10.2. The number of rotatable bonds is 6. The number of amides is 1. The van der Waals surface area contributed by atoms with Crippen molar-refractivity contribution in [1.82, 2.24) is 0 Å². The average molecular weight is 287 g/mol. The predicted octanol–water partition coefficient (Wildman–Crippen LogP) is 2.72. The summed E-state index contributed by atoms with van der Waals surface area (Å²) in [5.41, 5.74) is -0.440. The highest BCUT2D eigenvalue weighted by Gasteiger charge is 2.15. The van der Waals surface area contributed by atoms with Gasteiger partial charge in [-0.1, -0.05) is 12.7 Å². The average Bonchev–Trinajstić information content (AvgIpc) is 2.37. The lowest BCUT2D eigenvalue weighted by Crippen LogP contribution is -2.16.